The number of amides is 1. The molecule has 1 amide bonds. The van der Waals surface area contributed by atoms with E-state index in [1.54, 1.807) is 6.07 Å². The van der Waals surface area contributed by atoms with Gasteiger partial charge >= 0.3 is 5.88 Å². The second-order valence-corrected chi connectivity index (χ2v) is 3.85. The highest BCUT2D eigenvalue weighted by Crippen LogP contribution is 2.20. The highest BCUT2D eigenvalue weighted by atomic mass is 16.6. The second kappa shape index (κ2) is 4.71. The van der Waals surface area contributed by atoms with Crippen LogP contribution in [-0.4, -0.2) is 16.9 Å². The SMILES string of the molecule is N#C/C(=C\c1ccc([N+](=O)[O-])o1)C(=O)NC1CC1. The molecule has 1 fully saturated rings. The Kier molecular flexibility index (Phi) is 3.10. The van der Waals surface area contributed by atoms with E-state index in [0.717, 1.165) is 12.8 Å². The van der Waals surface area contributed by atoms with Gasteiger partial charge in [-0.15, -0.1) is 0 Å². The molecule has 1 aliphatic carbocycles. The summed E-state index contributed by atoms with van der Waals surface area (Å²) in [6.45, 7) is 0. The first kappa shape index (κ1) is 11.9. The third-order valence-electron chi connectivity index (χ3n) is 2.36. The number of carbonyl (C=O) groups is 1. The Morgan fingerprint density at radius 1 is 1.61 bits per heavy atom. The van der Waals surface area contributed by atoms with Crippen LogP contribution in [0.15, 0.2) is 22.1 Å². The summed E-state index contributed by atoms with van der Waals surface area (Å²) < 4.78 is 4.84. The molecule has 0 aromatic carbocycles. The van der Waals surface area contributed by atoms with E-state index >= 15 is 0 Å². The van der Waals surface area contributed by atoms with Crippen LogP contribution in [0.25, 0.3) is 6.08 Å². The lowest BCUT2D eigenvalue weighted by Gasteiger charge is -1.99. The van der Waals surface area contributed by atoms with Gasteiger partial charge in [0, 0.05) is 12.1 Å². The highest BCUT2D eigenvalue weighted by Gasteiger charge is 2.25. The van der Waals surface area contributed by atoms with Crippen molar-refractivity contribution in [1.29, 1.82) is 5.26 Å². The minimum absolute atomic E-state index is 0.101. The number of furan rings is 1. The Morgan fingerprint density at radius 3 is 2.83 bits per heavy atom. The lowest BCUT2D eigenvalue weighted by molar-refractivity contribution is -0.402. The maximum Gasteiger partial charge on any atom is 0.433 e. The monoisotopic (exact) mass is 247 g/mol. The number of carbonyl (C=O) groups excluding carboxylic acids is 1. The second-order valence-electron chi connectivity index (χ2n) is 3.85. The molecule has 2 rings (SSSR count). The van der Waals surface area contributed by atoms with Gasteiger partial charge in [-0.05, 0) is 18.9 Å². The van der Waals surface area contributed by atoms with Crippen molar-refractivity contribution in [2.45, 2.75) is 18.9 Å². The summed E-state index contributed by atoms with van der Waals surface area (Å²) in [7, 11) is 0. The van der Waals surface area contributed by atoms with E-state index in [1.807, 2.05) is 0 Å². The fraction of sp³-hybridized carbons (Fsp3) is 0.273. The summed E-state index contributed by atoms with van der Waals surface area (Å²) in [4.78, 5) is 21.3. The zero-order chi connectivity index (χ0) is 13.1. The fourth-order valence-corrected chi connectivity index (χ4v) is 1.30. The topological polar surface area (TPSA) is 109 Å². The van der Waals surface area contributed by atoms with Crippen molar-refractivity contribution in [3.05, 3.63) is 33.6 Å². The normalized spacial score (nSPS) is 14.9. The molecule has 0 spiro atoms. The molecule has 7 nitrogen and oxygen atoms in total. The first-order chi connectivity index (χ1) is 8.60. The molecule has 0 radical (unpaired) electrons. The molecule has 1 saturated carbocycles. The molecule has 0 aliphatic heterocycles. The third-order valence-corrected chi connectivity index (χ3v) is 2.36. The van der Waals surface area contributed by atoms with Gasteiger partial charge in [0.15, 0.2) is 0 Å². The highest BCUT2D eigenvalue weighted by molar-refractivity contribution is 6.01. The minimum atomic E-state index is -0.687. The standard InChI is InChI=1S/C11H9N3O4/c12-6-7(11(15)13-8-1-2-8)5-9-3-4-10(18-9)14(16)17/h3-5,8H,1-2H2,(H,13,15)/b7-5+. The molecule has 1 aromatic heterocycles. The number of nitriles is 1. The minimum Gasteiger partial charge on any atom is -0.401 e. The van der Waals surface area contributed by atoms with Crippen LogP contribution in [0.4, 0.5) is 5.88 Å². The van der Waals surface area contributed by atoms with Crippen LogP contribution in [-0.2, 0) is 4.79 Å². The first-order valence-electron chi connectivity index (χ1n) is 5.27. The predicted molar refractivity (Wildman–Crippen MR) is 60.1 cm³/mol. The van der Waals surface area contributed by atoms with Crippen LogP contribution in [0.5, 0.6) is 0 Å². The van der Waals surface area contributed by atoms with Crippen LogP contribution in [0.3, 0.4) is 0 Å². The Hall–Kier alpha value is -2.62. The molecule has 0 saturated heterocycles. The van der Waals surface area contributed by atoms with E-state index in [1.165, 1.54) is 18.2 Å². The van der Waals surface area contributed by atoms with Crippen molar-refractivity contribution in [3.63, 3.8) is 0 Å². The Balaban J connectivity index is 2.14. The fourth-order valence-electron chi connectivity index (χ4n) is 1.30. The number of nitrogens with zero attached hydrogens (tertiary/aromatic N) is 2. The van der Waals surface area contributed by atoms with Gasteiger partial charge in [-0.25, -0.2) is 0 Å². The van der Waals surface area contributed by atoms with E-state index in [4.69, 9.17) is 9.68 Å². The molecule has 1 N–H and O–H groups in total. The molecule has 0 atom stereocenters. The van der Waals surface area contributed by atoms with Gasteiger partial charge in [0.1, 0.15) is 22.3 Å². The number of nitrogens with one attached hydrogen (secondary N) is 1. The van der Waals surface area contributed by atoms with Gasteiger partial charge < -0.3 is 9.73 Å². The quantitative estimate of drug-likeness (QED) is 0.374. The zero-order valence-electron chi connectivity index (χ0n) is 9.25. The average Bonchev–Trinajstić information content (AvgIpc) is 3.01. The maximum atomic E-state index is 11.6. The van der Waals surface area contributed by atoms with E-state index in [2.05, 4.69) is 5.32 Å². The van der Waals surface area contributed by atoms with E-state index < -0.39 is 16.7 Å². The van der Waals surface area contributed by atoms with Gasteiger partial charge in [-0.1, -0.05) is 0 Å². The van der Waals surface area contributed by atoms with Crippen LogP contribution >= 0.6 is 0 Å². The number of rotatable bonds is 4. The smallest absolute Gasteiger partial charge is 0.401 e. The summed E-state index contributed by atoms with van der Waals surface area (Å²) in [5.74, 6) is -0.815. The van der Waals surface area contributed by atoms with Crippen molar-refractivity contribution in [2.24, 2.45) is 0 Å². The van der Waals surface area contributed by atoms with E-state index in [0.29, 0.717) is 0 Å². The van der Waals surface area contributed by atoms with Gasteiger partial charge in [0.25, 0.3) is 5.91 Å². The summed E-state index contributed by atoms with van der Waals surface area (Å²) in [6, 6.07) is 4.38. The molecule has 1 heterocycles. The summed E-state index contributed by atoms with van der Waals surface area (Å²) in [5.41, 5.74) is -0.133. The largest absolute Gasteiger partial charge is 0.433 e. The van der Waals surface area contributed by atoms with Crippen molar-refractivity contribution in [2.75, 3.05) is 0 Å². The average molecular weight is 247 g/mol. The number of hydrogen-bond acceptors (Lipinski definition) is 5. The van der Waals surface area contributed by atoms with Crippen LogP contribution in [0, 0.1) is 21.4 Å². The summed E-state index contributed by atoms with van der Waals surface area (Å²) in [6.07, 6.45) is 3.01. The molecule has 1 aromatic rings. The van der Waals surface area contributed by atoms with Crippen molar-refractivity contribution < 1.29 is 14.1 Å². The van der Waals surface area contributed by atoms with Gasteiger partial charge in [-0.2, -0.15) is 5.26 Å². The summed E-state index contributed by atoms with van der Waals surface area (Å²) >= 11 is 0. The van der Waals surface area contributed by atoms with Crippen LogP contribution in [0.2, 0.25) is 0 Å². The van der Waals surface area contributed by atoms with Crippen LogP contribution < -0.4 is 5.32 Å². The molecule has 0 bridgehead atoms. The Labute approximate surface area is 102 Å². The molecule has 1 aliphatic rings. The Morgan fingerprint density at radius 2 is 2.33 bits per heavy atom. The van der Waals surface area contributed by atoms with Gasteiger partial charge in [-0.3, -0.25) is 14.9 Å². The third kappa shape index (κ3) is 2.74. The van der Waals surface area contributed by atoms with Crippen molar-refractivity contribution in [3.8, 4) is 6.07 Å². The van der Waals surface area contributed by atoms with E-state index in [9.17, 15) is 14.9 Å². The number of hydrogen-bond donors (Lipinski definition) is 1. The maximum absolute atomic E-state index is 11.6. The molecule has 7 heteroatoms. The molecular weight excluding hydrogens is 238 g/mol. The van der Waals surface area contributed by atoms with E-state index in [-0.39, 0.29) is 17.4 Å². The Bertz CT molecular complexity index is 563. The van der Waals surface area contributed by atoms with Crippen molar-refractivity contribution >= 4 is 17.9 Å². The lowest BCUT2D eigenvalue weighted by atomic mass is 10.2. The van der Waals surface area contributed by atoms with Gasteiger partial charge in [0.05, 0.1) is 6.07 Å². The predicted octanol–water partition coefficient (Wildman–Crippen LogP) is 1.37. The molecular formula is C11H9N3O4. The van der Waals surface area contributed by atoms with Gasteiger partial charge in [0.2, 0.25) is 0 Å². The summed E-state index contributed by atoms with van der Waals surface area (Å²) in [5, 5.41) is 21.9. The first-order valence-corrected chi connectivity index (χ1v) is 5.27. The number of nitro groups is 1. The van der Waals surface area contributed by atoms with Crippen molar-refractivity contribution in [1.82, 2.24) is 5.32 Å². The molecule has 0 unspecified atom stereocenters. The van der Waals surface area contributed by atoms with Crippen LogP contribution in [0.1, 0.15) is 18.6 Å². The molecule has 18 heavy (non-hydrogen) atoms. The zero-order valence-corrected chi connectivity index (χ0v) is 9.25. The molecule has 92 valence electrons. The lowest BCUT2D eigenvalue weighted by Crippen LogP contribution is -2.26.